The van der Waals surface area contributed by atoms with Gasteiger partial charge in [-0.1, -0.05) is 73.7 Å². The number of aromatic carboxylic acids is 1. The van der Waals surface area contributed by atoms with Crippen molar-refractivity contribution in [3.8, 4) is 33.8 Å². The Kier molecular flexibility index (Phi) is 14.1. The molecule has 0 aliphatic rings. The average molecular weight is 693 g/mol. The molecular formula is C37H38F6O6. The molecule has 1 atom stereocenters. The number of benzene rings is 4. The van der Waals surface area contributed by atoms with Gasteiger partial charge in [-0.25, -0.2) is 4.79 Å². The van der Waals surface area contributed by atoms with Gasteiger partial charge in [-0.3, -0.25) is 0 Å². The van der Waals surface area contributed by atoms with E-state index in [1.807, 2.05) is 54.6 Å². The minimum atomic E-state index is -5.63. The third-order valence-corrected chi connectivity index (χ3v) is 7.33. The molecule has 0 unspecified atom stereocenters. The quantitative estimate of drug-likeness (QED) is 0.118. The summed E-state index contributed by atoms with van der Waals surface area (Å²) >= 11 is 0. The number of methoxy groups -OCH3 is 1. The number of carbonyl (C=O) groups is 1. The second-order valence-electron chi connectivity index (χ2n) is 10.8. The van der Waals surface area contributed by atoms with Crippen LogP contribution >= 0.6 is 0 Å². The molecular weight excluding hydrogens is 654 g/mol. The smallest absolute Gasteiger partial charge is 0.377 e. The largest absolute Gasteiger partial charge is 0.491 e. The van der Waals surface area contributed by atoms with Gasteiger partial charge in [0, 0.05) is 13.7 Å². The summed E-state index contributed by atoms with van der Waals surface area (Å²) in [7, 11) is 1.68. The zero-order valence-corrected chi connectivity index (χ0v) is 27.2. The molecule has 0 amide bonds. The van der Waals surface area contributed by atoms with Crippen molar-refractivity contribution in [3.63, 3.8) is 0 Å². The maximum atomic E-state index is 13.7. The highest BCUT2D eigenvalue weighted by Crippen LogP contribution is 2.46. The van der Waals surface area contributed by atoms with Gasteiger partial charge >= 0.3 is 23.7 Å². The number of rotatable bonds is 16. The predicted octanol–water partition coefficient (Wildman–Crippen LogP) is 9.53. The third kappa shape index (κ3) is 10.7. The number of alkyl halides is 6. The second-order valence-corrected chi connectivity index (χ2v) is 10.8. The maximum absolute atomic E-state index is 13.7. The fraction of sp³-hybridized carbons (Fsp3) is 0.324. The molecule has 0 aromatic heterocycles. The number of carboxylic acids is 1. The molecule has 6 nitrogen and oxygen atoms in total. The third-order valence-electron chi connectivity index (χ3n) is 7.33. The number of hydrogen-bond acceptors (Lipinski definition) is 5. The van der Waals surface area contributed by atoms with Crippen molar-refractivity contribution in [2.24, 2.45) is 0 Å². The fourth-order valence-electron chi connectivity index (χ4n) is 4.32. The summed E-state index contributed by atoms with van der Waals surface area (Å²) in [6.45, 7) is -0.137. The minimum absolute atomic E-state index is 0.100. The first-order chi connectivity index (χ1) is 23.2. The van der Waals surface area contributed by atoms with Crippen molar-refractivity contribution in [1.29, 1.82) is 0 Å². The highest BCUT2D eigenvalue weighted by Gasteiger charge is 2.71. The first-order valence-corrected chi connectivity index (χ1v) is 15.3. The maximum Gasteiger partial charge on any atom is 0.377 e. The Bertz CT molecular complexity index is 1560. The molecule has 264 valence electrons. The summed E-state index contributed by atoms with van der Waals surface area (Å²) in [5, 5.41) is 8.90. The first-order valence-electron chi connectivity index (χ1n) is 15.3. The van der Waals surface area contributed by atoms with Crippen LogP contribution < -0.4 is 9.47 Å². The Labute approximate surface area is 281 Å². The van der Waals surface area contributed by atoms with E-state index in [1.54, 1.807) is 43.5 Å². The van der Waals surface area contributed by atoms with Crippen molar-refractivity contribution in [3.05, 3.63) is 109 Å². The van der Waals surface area contributed by atoms with E-state index < -0.39 is 37.0 Å². The van der Waals surface area contributed by atoms with Crippen LogP contribution in [0.3, 0.4) is 0 Å². The van der Waals surface area contributed by atoms with Gasteiger partial charge in [-0.05, 0) is 72.0 Å². The van der Waals surface area contributed by atoms with Gasteiger partial charge in [0.25, 0.3) is 0 Å². The van der Waals surface area contributed by atoms with E-state index in [0.717, 1.165) is 34.4 Å². The fourth-order valence-corrected chi connectivity index (χ4v) is 4.32. The Morgan fingerprint density at radius 3 is 1.55 bits per heavy atom. The summed E-state index contributed by atoms with van der Waals surface area (Å²) in [5.41, 5.74) is 3.89. The average Bonchev–Trinajstić information content (AvgIpc) is 3.11. The van der Waals surface area contributed by atoms with Crippen molar-refractivity contribution >= 4 is 5.97 Å². The van der Waals surface area contributed by atoms with E-state index in [0.29, 0.717) is 6.61 Å². The molecule has 0 fully saturated rings. The molecule has 0 radical (unpaired) electrons. The van der Waals surface area contributed by atoms with Crippen molar-refractivity contribution in [1.82, 2.24) is 0 Å². The normalized spacial score (nSPS) is 12.4. The number of halogens is 6. The molecule has 0 bridgehead atoms. The van der Waals surface area contributed by atoms with Gasteiger partial charge in [-0.2, -0.15) is 26.3 Å². The Hall–Kier alpha value is -4.55. The minimum Gasteiger partial charge on any atom is -0.491 e. The number of carboxylic acid groups (broad SMARTS) is 1. The zero-order chi connectivity index (χ0) is 36.1. The lowest BCUT2D eigenvalue weighted by atomic mass is 10.0. The molecule has 0 aliphatic heterocycles. The van der Waals surface area contributed by atoms with E-state index >= 15 is 0 Å². The van der Waals surface area contributed by atoms with Crippen LogP contribution in [0.1, 0.15) is 30.6 Å². The van der Waals surface area contributed by atoms with Gasteiger partial charge in [-0.15, -0.1) is 0 Å². The van der Waals surface area contributed by atoms with Crippen LogP contribution in [0.25, 0.3) is 22.3 Å². The van der Waals surface area contributed by atoms with Crippen molar-refractivity contribution in [2.45, 2.75) is 44.1 Å². The number of hydrogen-bond donors (Lipinski definition) is 1. The highest BCUT2D eigenvalue weighted by atomic mass is 19.3. The summed E-state index contributed by atoms with van der Waals surface area (Å²) in [6.07, 6.45) is 1.01. The summed E-state index contributed by atoms with van der Waals surface area (Å²) in [5.74, 6) is -16.0. The van der Waals surface area contributed by atoms with E-state index in [9.17, 15) is 31.1 Å². The molecule has 4 rings (SSSR count). The van der Waals surface area contributed by atoms with E-state index in [1.165, 1.54) is 19.1 Å². The van der Waals surface area contributed by atoms with Crippen LogP contribution in [0.2, 0.25) is 0 Å². The first kappa shape index (κ1) is 38.9. The van der Waals surface area contributed by atoms with E-state index in [2.05, 4.69) is 16.4 Å². The molecule has 12 heteroatoms. The van der Waals surface area contributed by atoms with Gasteiger partial charge < -0.3 is 24.1 Å². The van der Waals surface area contributed by atoms with Crippen molar-refractivity contribution in [2.75, 3.05) is 33.5 Å². The van der Waals surface area contributed by atoms with Crippen LogP contribution in [0.5, 0.6) is 11.5 Å². The monoisotopic (exact) mass is 692 g/mol. The Balaban J connectivity index is 0.000000271. The molecule has 4 aromatic carbocycles. The van der Waals surface area contributed by atoms with Crippen LogP contribution in [0.15, 0.2) is 103 Å². The summed E-state index contributed by atoms with van der Waals surface area (Å²) in [6, 6.07) is 29.3. The molecule has 1 N–H and O–H groups in total. The lowest BCUT2D eigenvalue weighted by Gasteiger charge is -2.32. The van der Waals surface area contributed by atoms with Gasteiger partial charge in [0.1, 0.15) is 24.7 Å². The predicted molar refractivity (Wildman–Crippen MR) is 174 cm³/mol. The lowest BCUT2D eigenvalue weighted by molar-refractivity contribution is -0.324. The molecule has 49 heavy (non-hydrogen) atoms. The molecule has 0 spiro atoms. The SMILES string of the molecule is CCOCC(F)(F)C(F)(F)C(F)(F)COc1ccc(-c2ccccc2)cc1.CC[C@@H](COc1ccc(-c2ccc(C(=O)O)cc2)cc1)OC. The van der Waals surface area contributed by atoms with Crippen LogP contribution in [-0.4, -0.2) is 68.5 Å². The van der Waals surface area contributed by atoms with Crippen LogP contribution in [-0.2, 0) is 9.47 Å². The molecule has 0 saturated carbocycles. The van der Waals surface area contributed by atoms with Crippen LogP contribution in [0, 0.1) is 0 Å². The van der Waals surface area contributed by atoms with E-state index in [-0.39, 0.29) is 24.0 Å². The Morgan fingerprint density at radius 2 is 1.10 bits per heavy atom. The number of ether oxygens (including phenoxy) is 4. The van der Waals surface area contributed by atoms with E-state index in [4.69, 9.17) is 14.6 Å². The molecule has 0 heterocycles. The Morgan fingerprint density at radius 1 is 0.653 bits per heavy atom. The topological polar surface area (TPSA) is 74.2 Å². The highest BCUT2D eigenvalue weighted by molar-refractivity contribution is 5.88. The van der Waals surface area contributed by atoms with Gasteiger partial charge in [0.05, 0.1) is 11.7 Å². The summed E-state index contributed by atoms with van der Waals surface area (Å²) in [4.78, 5) is 10.8. The van der Waals surface area contributed by atoms with Gasteiger partial charge in [0.2, 0.25) is 0 Å². The molecule has 0 saturated heterocycles. The second kappa shape index (κ2) is 17.7. The van der Waals surface area contributed by atoms with Crippen LogP contribution in [0.4, 0.5) is 26.3 Å². The molecule has 4 aromatic rings. The van der Waals surface area contributed by atoms with Crippen molar-refractivity contribution < 1.29 is 55.2 Å². The standard InChI is InChI=1S/C19H18F6O2.C18H20O4/c1-2-26-12-17(20,21)19(24,25)18(22,23)13-27-16-10-8-15(9-11-16)14-6-4-3-5-7-14;1-3-16(21-2)12-22-17-10-8-14(9-11-17)13-4-6-15(7-5-13)18(19)20/h3-11H,2,12-13H2,1H3;4-11,16H,3,12H2,1-2H3,(H,19,20)/t;16-/m.0/s1. The lowest BCUT2D eigenvalue weighted by Crippen LogP contribution is -2.58. The summed E-state index contributed by atoms with van der Waals surface area (Å²) < 4.78 is 101. The van der Waals surface area contributed by atoms with Gasteiger partial charge in [0.15, 0.2) is 6.61 Å². The molecule has 0 aliphatic carbocycles. The zero-order valence-electron chi connectivity index (χ0n) is 27.2.